The van der Waals surface area contributed by atoms with Gasteiger partial charge in [-0.25, -0.2) is 8.42 Å². The number of rotatable bonds is 9. The highest BCUT2D eigenvalue weighted by atomic mass is 35.5. The SMILES string of the molecule is COCCN(CCOC)S(=O)(=O)c1ccc(C(=O)N=c2sc3ccc(Cl)c(Cl)c3n2C)cc1. The van der Waals surface area contributed by atoms with Crippen LogP contribution in [-0.2, 0) is 26.5 Å². The smallest absolute Gasteiger partial charge is 0.279 e. The minimum absolute atomic E-state index is 0.0695. The molecule has 1 heterocycles. The lowest BCUT2D eigenvalue weighted by Gasteiger charge is -2.21. The number of methoxy groups -OCH3 is 2. The quantitative estimate of drug-likeness (QED) is 0.421. The summed E-state index contributed by atoms with van der Waals surface area (Å²) < 4.78 is 39.9. The summed E-state index contributed by atoms with van der Waals surface area (Å²) >= 11 is 13.7. The van der Waals surface area contributed by atoms with Gasteiger partial charge in [-0.15, -0.1) is 0 Å². The molecule has 8 nitrogen and oxygen atoms in total. The van der Waals surface area contributed by atoms with Crippen molar-refractivity contribution in [2.24, 2.45) is 12.0 Å². The second-order valence-electron chi connectivity index (χ2n) is 6.98. The van der Waals surface area contributed by atoms with E-state index in [-0.39, 0.29) is 36.8 Å². The van der Waals surface area contributed by atoms with Gasteiger partial charge < -0.3 is 14.0 Å². The van der Waals surface area contributed by atoms with Gasteiger partial charge in [0.25, 0.3) is 5.91 Å². The molecule has 0 aliphatic rings. The minimum atomic E-state index is -3.78. The predicted molar refractivity (Wildman–Crippen MR) is 130 cm³/mol. The van der Waals surface area contributed by atoms with Gasteiger partial charge in [0, 0.05) is 39.9 Å². The maximum absolute atomic E-state index is 13.0. The molecule has 0 bridgehead atoms. The first-order valence-corrected chi connectivity index (χ1v) is 12.8. The van der Waals surface area contributed by atoms with Crippen LogP contribution in [-0.4, -0.2) is 63.7 Å². The Bertz CT molecular complexity index is 1310. The maximum atomic E-state index is 13.0. The van der Waals surface area contributed by atoms with Crippen molar-refractivity contribution in [3.63, 3.8) is 0 Å². The molecule has 33 heavy (non-hydrogen) atoms. The maximum Gasteiger partial charge on any atom is 0.279 e. The van der Waals surface area contributed by atoms with Crippen molar-refractivity contribution in [2.75, 3.05) is 40.5 Å². The summed E-state index contributed by atoms with van der Waals surface area (Å²) in [7, 11) is 0.978. The van der Waals surface area contributed by atoms with Gasteiger partial charge in [0.05, 0.1) is 38.4 Å². The second-order valence-corrected chi connectivity index (χ2v) is 10.7. The number of benzene rings is 2. The van der Waals surface area contributed by atoms with Crippen LogP contribution in [0, 0.1) is 0 Å². The molecule has 0 fully saturated rings. The van der Waals surface area contributed by atoms with E-state index in [0.717, 1.165) is 4.70 Å². The molecular formula is C21H23Cl2N3O5S2. The molecular weight excluding hydrogens is 509 g/mol. The lowest BCUT2D eigenvalue weighted by atomic mass is 10.2. The Morgan fingerprint density at radius 2 is 1.67 bits per heavy atom. The van der Waals surface area contributed by atoms with Gasteiger partial charge >= 0.3 is 0 Å². The lowest BCUT2D eigenvalue weighted by molar-refractivity contribution is 0.0998. The highest BCUT2D eigenvalue weighted by molar-refractivity contribution is 7.89. The zero-order valence-corrected chi connectivity index (χ0v) is 21.4. The Kier molecular flexibility index (Phi) is 8.68. The van der Waals surface area contributed by atoms with Crippen molar-refractivity contribution in [1.82, 2.24) is 8.87 Å². The second kappa shape index (κ2) is 11.1. The van der Waals surface area contributed by atoms with Crippen LogP contribution in [0.2, 0.25) is 10.0 Å². The number of hydrogen-bond acceptors (Lipinski definition) is 6. The summed E-state index contributed by atoms with van der Waals surface area (Å²) in [5, 5.41) is 0.806. The van der Waals surface area contributed by atoms with Gasteiger partial charge in [-0.3, -0.25) is 4.79 Å². The molecule has 0 unspecified atom stereocenters. The molecule has 0 radical (unpaired) electrons. The van der Waals surface area contributed by atoms with E-state index in [0.29, 0.717) is 20.4 Å². The molecule has 0 saturated carbocycles. The van der Waals surface area contributed by atoms with Crippen molar-refractivity contribution < 1.29 is 22.7 Å². The lowest BCUT2D eigenvalue weighted by Crippen LogP contribution is -2.36. The molecule has 2 aromatic carbocycles. The Morgan fingerprint density at radius 3 is 2.24 bits per heavy atom. The highest BCUT2D eigenvalue weighted by Gasteiger charge is 2.24. The van der Waals surface area contributed by atoms with Crippen LogP contribution in [0.15, 0.2) is 46.3 Å². The standard InChI is InChI=1S/C21H23Cl2N3O5S2/c1-25-19-17(9-8-16(22)18(19)23)32-21(25)24-20(27)14-4-6-15(7-5-14)33(28,29)26(10-12-30-2)11-13-31-3/h4-9H,10-13H2,1-3H3. The number of fused-ring (bicyclic) bond motifs is 1. The molecule has 3 aromatic rings. The van der Waals surface area contributed by atoms with Gasteiger partial charge in [0.15, 0.2) is 4.80 Å². The van der Waals surface area contributed by atoms with E-state index in [1.165, 1.54) is 54.1 Å². The zero-order chi connectivity index (χ0) is 24.2. The number of sulfonamides is 1. The van der Waals surface area contributed by atoms with Crippen LogP contribution in [0.3, 0.4) is 0 Å². The van der Waals surface area contributed by atoms with Gasteiger partial charge in [0.1, 0.15) is 0 Å². The van der Waals surface area contributed by atoms with Gasteiger partial charge in [-0.1, -0.05) is 34.5 Å². The Balaban J connectivity index is 1.89. The number of aryl methyl sites for hydroxylation is 1. The van der Waals surface area contributed by atoms with E-state index in [9.17, 15) is 13.2 Å². The van der Waals surface area contributed by atoms with E-state index in [2.05, 4.69) is 4.99 Å². The Labute approximate surface area is 206 Å². The van der Waals surface area contributed by atoms with Crippen LogP contribution in [0.5, 0.6) is 0 Å². The Hall–Kier alpha value is -1.79. The predicted octanol–water partition coefficient (Wildman–Crippen LogP) is 3.57. The number of hydrogen-bond donors (Lipinski definition) is 0. The van der Waals surface area contributed by atoms with Gasteiger partial charge in [-0.05, 0) is 36.4 Å². The summed E-state index contributed by atoms with van der Waals surface area (Å²) in [6.45, 7) is 0.875. The first-order chi connectivity index (χ1) is 15.7. The minimum Gasteiger partial charge on any atom is -0.383 e. The molecule has 0 aliphatic heterocycles. The number of amides is 1. The first-order valence-electron chi connectivity index (χ1n) is 9.81. The van der Waals surface area contributed by atoms with Crippen LogP contribution in [0.1, 0.15) is 10.4 Å². The molecule has 1 amide bonds. The third-order valence-electron chi connectivity index (χ3n) is 4.88. The van der Waals surface area contributed by atoms with Gasteiger partial charge in [-0.2, -0.15) is 9.30 Å². The molecule has 3 rings (SSSR count). The van der Waals surface area contributed by atoms with Crippen molar-refractivity contribution in [2.45, 2.75) is 4.90 Å². The van der Waals surface area contributed by atoms with Crippen LogP contribution in [0.25, 0.3) is 10.2 Å². The van der Waals surface area contributed by atoms with Crippen LogP contribution >= 0.6 is 34.5 Å². The number of carbonyl (C=O) groups excluding carboxylic acids is 1. The number of halogens is 2. The van der Waals surface area contributed by atoms with Crippen molar-refractivity contribution in [1.29, 1.82) is 0 Å². The molecule has 0 saturated heterocycles. The van der Waals surface area contributed by atoms with Crippen molar-refractivity contribution >= 4 is 60.7 Å². The molecule has 178 valence electrons. The van der Waals surface area contributed by atoms with E-state index >= 15 is 0 Å². The fraction of sp³-hybridized carbons (Fsp3) is 0.333. The summed E-state index contributed by atoms with van der Waals surface area (Å²) in [5.41, 5.74) is 0.949. The average molecular weight is 532 g/mol. The topological polar surface area (TPSA) is 90.2 Å². The fourth-order valence-electron chi connectivity index (χ4n) is 3.09. The summed E-state index contributed by atoms with van der Waals surface area (Å²) in [6.07, 6.45) is 0. The highest BCUT2D eigenvalue weighted by Crippen LogP contribution is 2.31. The van der Waals surface area contributed by atoms with Gasteiger partial charge in [0.2, 0.25) is 10.0 Å². The normalized spacial score (nSPS) is 12.7. The number of ether oxygens (including phenoxy) is 2. The number of aromatic nitrogens is 1. The zero-order valence-electron chi connectivity index (χ0n) is 18.2. The largest absolute Gasteiger partial charge is 0.383 e. The number of carbonyl (C=O) groups is 1. The fourth-order valence-corrected chi connectivity index (χ4v) is 6.02. The van der Waals surface area contributed by atoms with Crippen LogP contribution < -0.4 is 4.80 Å². The summed E-state index contributed by atoms with van der Waals surface area (Å²) in [6, 6.07) is 9.19. The Morgan fingerprint density at radius 1 is 1.06 bits per heavy atom. The third-order valence-corrected chi connectivity index (χ3v) is 8.69. The molecule has 0 atom stereocenters. The summed E-state index contributed by atoms with van der Waals surface area (Å²) in [5.74, 6) is -0.501. The number of nitrogens with zero attached hydrogens (tertiary/aromatic N) is 3. The van der Waals surface area contributed by atoms with E-state index in [1.54, 1.807) is 17.7 Å². The van der Waals surface area contributed by atoms with E-state index < -0.39 is 15.9 Å². The van der Waals surface area contributed by atoms with E-state index in [4.69, 9.17) is 32.7 Å². The van der Waals surface area contributed by atoms with Crippen molar-refractivity contribution in [3.8, 4) is 0 Å². The van der Waals surface area contributed by atoms with Crippen molar-refractivity contribution in [3.05, 3.63) is 56.8 Å². The molecule has 1 aromatic heterocycles. The number of thiazole rings is 1. The first kappa shape index (κ1) is 25.8. The monoisotopic (exact) mass is 531 g/mol. The molecule has 0 N–H and O–H groups in total. The molecule has 0 aliphatic carbocycles. The third kappa shape index (κ3) is 5.65. The average Bonchev–Trinajstić information content (AvgIpc) is 3.12. The molecule has 12 heteroatoms. The molecule has 0 spiro atoms. The van der Waals surface area contributed by atoms with Crippen LogP contribution in [0.4, 0.5) is 0 Å². The van der Waals surface area contributed by atoms with E-state index in [1.807, 2.05) is 6.07 Å². The summed E-state index contributed by atoms with van der Waals surface area (Å²) in [4.78, 5) is 17.5.